The van der Waals surface area contributed by atoms with Gasteiger partial charge in [0.15, 0.2) is 0 Å². The molecule has 0 saturated heterocycles. The summed E-state index contributed by atoms with van der Waals surface area (Å²) in [6.45, 7) is 1.94. The summed E-state index contributed by atoms with van der Waals surface area (Å²) in [4.78, 5) is 34.9. The van der Waals surface area contributed by atoms with E-state index in [9.17, 15) is 4.79 Å². The van der Waals surface area contributed by atoms with Crippen LogP contribution in [0.4, 0.5) is 0 Å². The van der Waals surface area contributed by atoms with Gasteiger partial charge in [0.05, 0.1) is 22.3 Å². The molecule has 4 aromatic rings. The van der Waals surface area contributed by atoms with Crippen LogP contribution in [0.3, 0.4) is 0 Å². The highest BCUT2D eigenvalue weighted by Crippen LogP contribution is 2.24. The second kappa shape index (κ2) is 7.35. The lowest BCUT2D eigenvalue weighted by atomic mass is 10.1. The first kappa shape index (κ1) is 17.9. The molecule has 144 valence electrons. The standard InChI is InChI=1S/C21H17ClN6O/c22-19-14(7-13-3-1-2-4-17(13)25-19)10-28-6-5-18-16(11-28)21(29)27-20(26-18)15-8-23-12-24-9-15/h1-4,7-9,12H,5-6,10-11H2,(H,26,27,29). The van der Waals surface area contributed by atoms with Crippen LogP contribution < -0.4 is 5.56 Å². The predicted molar refractivity (Wildman–Crippen MR) is 110 cm³/mol. The molecule has 0 aliphatic carbocycles. The summed E-state index contributed by atoms with van der Waals surface area (Å²) in [7, 11) is 0. The SMILES string of the molecule is O=c1[nH]c(-c2cncnc2)nc2c1CN(Cc1cc3ccccc3nc1Cl)CC2. The highest BCUT2D eigenvalue weighted by atomic mass is 35.5. The molecule has 1 aromatic carbocycles. The van der Waals surface area contributed by atoms with E-state index >= 15 is 0 Å². The number of hydrogen-bond acceptors (Lipinski definition) is 6. The maximum atomic E-state index is 12.7. The Kier molecular flexibility index (Phi) is 4.54. The first-order chi connectivity index (χ1) is 14.2. The fourth-order valence-corrected chi connectivity index (χ4v) is 3.87. The lowest BCUT2D eigenvalue weighted by Gasteiger charge is -2.28. The average molecular weight is 405 g/mol. The Morgan fingerprint density at radius 2 is 1.97 bits per heavy atom. The molecule has 4 heterocycles. The Labute approximate surface area is 171 Å². The van der Waals surface area contributed by atoms with Crippen molar-refractivity contribution in [1.29, 1.82) is 0 Å². The maximum Gasteiger partial charge on any atom is 0.255 e. The molecule has 0 fully saturated rings. The largest absolute Gasteiger partial charge is 0.306 e. The monoisotopic (exact) mass is 404 g/mol. The van der Waals surface area contributed by atoms with E-state index in [0.29, 0.717) is 41.6 Å². The second-order valence-electron chi connectivity index (χ2n) is 7.06. The van der Waals surface area contributed by atoms with Gasteiger partial charge >= 0.3 is 0 Å². The van der Waals surface area contributed by atoms with Crippen molar-refractivity contribution in [3.8, 4) is 11.4 Å². The molecule has 0 unspecified atom stereocenters. The van der Waals surface area contributed by atoms with Crippen LogP contribution in [0.15, 0.2) is 53.8 Å². The molecule has 29 heavy (non-hydrogen) atoms. The number of nitrogens with one attached hydrogen (secondary N) is 1. The Hall–Kier alpha value is -3.16. The predicted octanol–water partition coefficient (Wildman–Crippen LogP) is 2.99. The third-order valence-corrected chi connectivity index (χ3v) is 5.45. The molecule has 0 spiro atoms. The van der Waals surface area contributed by atoms with Crippen molar-refractivity contribution in [3.05, 3.63) is 81.4 Å². The van der Waals surface area contributed by atoms with Crippen molar-refractivity contribution in [3.63, 3.8) is 0 Å². The fraction of sp³-hybridized carbons (Fsp3) is 0.190. The Balaban J connectivity index is 1.42. The van der Waals surface area contributed by atoms with E-state index in [2.05, 4.69) is 35.9 Å². The molecule has 7 nitrogen and oxygen atoms in total. The molecule has 1 aliphatic heterocycles. The number of pyridine rings is 1. The van der Waals surface area contributed by atoms with E-state index in [-0.39, 0.29) is 5.56 Å². The average Bonchev–Trinajstić information content (AvgIpc) is 2.75. The minimum atomic E-state index is -0.124. The van der Waals surface area contributed by atoms with Crippen LogP contribution in [0, 0.1) is 0 Å². The zero-order valence-electron chi connectivity index (χ0n) is 15.5. The van der Waals surface area contributed by atoms with Crippen LogP contribution in [-0.2, 0) is 19.5 Å². The molecule has 0 bridgehead atoms. The maximum absolute atomic E-state index is 12.7. The quantitative estimate of drug-likeness (QED) is 0.528. The van der Waals surface area contributed by atoms with Gasteiger partial charge in [0.1, 0.15) is 17.3 Å². The van der Waals surface area contributed by atoms with E-state index in [0.717, 1.165) is 28.7 Å². The third kappa shape index (κ3) is 3.50. The number of aromatic amines is 1. The van der Waals surface area contributed by atoms with Gasteiger partial charge < -0.3 is 4.98 Å². The highest BCUT2D eigenvalue weighted by molar-refractivity contribution is 6.30. The van der Waals surface area contributed by atoms with Gasteiger partial charge in [-0.25, -0.2) is 19.9 Å². The molecule has 0 radical (unpaired) electrons. The van der Waals surface area contributed by atoms with E-state index in [1.54, 1.807) is 12.4 Å². The van der Waals surface area contributed by atoms with E-state index in [4.69, 9.17) is 11.6 Å². The summed E-state index contributed by atoms with van der Waals surface area (Å²) in [5, 5.41) is 1.56. The van der Waals surface area contributed by atoms with Crippen molar-refractivity contribution in [2.75, 3.05) is 6.54 Å². The minimum absolute atomic E-state index is 0.124. The Morgan fingerprint density at radius 1 is 1.14 bits per heavy atom. The van der Waals surface area contributed by atoms with Crippen LogP contribution in [0.1, 0.15) is 16.8 Å². The fourth-order valence-electron chi connectivity index (χ4n) is 3.66. The number of fused-ring (bicyclic) bond motifs is 2. The van der Waals surface area contributed by atoms with Gasteiger partial charge in [0.2, 0.25) is 0 Å². The molecule has 1 N–H and O–H groups in total. The summed E-state index contributed by atoms with van der Waals surface area (Å²) in [6.07, 6.45) is 5.42. The van der Waals surface area contributed by atoms with E-state index in [1.165, 1.54) is 6.33 Å². The number of rotatable bonds is 3. The number of para-hydroxylation sites is 1. The molecule has 3 aromatic heterocycles. The van der Waals surface area contributed by atoms with Crippen LogP contribution in [-0.4, -0.2) is 36.4 Å². The van der Waals surface area contributed by atoms with Crippen molar-refractivity contribution in [1.82, 2.24) is 29.8 Å². The molecular weight excluding hydrogens is 388 g/mol. The van der Waals surface area contributed by atoms with Crippen LogP contribution in [0.2, 0.25) is 5.15 Å². The molecular formula is C21H17ClN6O. The first-order valence-electron chi connectivity index (χ1n) is 9.31. The van der Waals surface area contributed by atoms with Crippen molar-refractivity contribution < 1.29 is 0 Å². The van der Waals surface area contributed by atoms with Gasteiger partial charge in [0.25, 0.3) is 5.56 Å². The van der Waals surface area contributed by atoms with Crippen LogP contribution >= 0.6 is 11.6 Å². The van der Waals surface area contributed by atoms with Crippen molar-refractivity contribution in [2.45, 2.75) is 19.5 Å². The highest BCUT2D eigenvalue weighted by Gasteiger charge is 2.22. The van der Waals surface area contributed by atoms with Crippen LogP contribution in [0.5, 0.6) is 0 Å². The molecule has 0 amide bonds. The first-order valence-corrected chi connectivity index (χ1v) is 9.69. The van der Waals surface area contributed by atoms with E-state index in [1.807, 2.05) is 24.3 Å². The molecule has 1 aliphatic rings. The number of nitrogens with zero attached hydrogens (tertiary/aromatic N) is 5. The Bertz CT molecular complexity index is 1260. The topological polar surface area (TPSA) is 87.7 Å². The number of hydrogen-bond donors (Lipinski definition) is 1. The molecule has 8 heteroatoms. The summed E-state index contributed by atoms with van der Waals surface area (Å²) < 4.78 is 0. The number of H-pyrrole nitrogens is 1. The van der Waals surface area contributed by atoms with Gasteiger partial charge in [-0.2, -0.15) is 0 Å². The van der Waals surface area contributed by atoms with Gasteiger partial charge in [-0.05, 0) is 12.1 Å². The van der Waals surface area contributed by atoms with E-state index < -0.39 is 0 Å². The summed E-state index contributed by atoms with van der Waals surface area (Å²) in [5.74, 6) is 0.504. The number of halogens is 1. The number of aromatic nitrogens is 5. The van der Waals surface area contributed by atoms with Gasteiger partial charge in [-0.15, -0.1) is 0 Å². The smallest absolute Gasteiger partial charge is 0.255 e. The number of benzene rings is 1. The van der Waals surface area contributed by atoms with Gasteiger partial charge in [-0.1, -0.05) is 29.8 Å². The second-order valence-corrected chi connectivity index (χ2v) is 7.42. The summed E-state index contributed by atoms with van der Waals surface area (Å²) >= 11 is 6.41. The molecule has 0 atom stereocenters. The zero-order chi connectivity index (χ0) is 19.8. The molecule has 0 saturated carbocycles. The lowest BCUT2D eigenvalue weighted by molar-refractivity contribution is 0.242. The lowest BCUT2D eigenvalue weighted by Crippen LogP contribution is -2.35. The molecule has 5 rings (SSSR count). The van der Waals surface area contributed by atoms with Crippen LogP contribution in [0.25, 0.3) is 22.3 Å². The Morgan fingerprint density at radius 3 is 2.83 bits per heavy atom. The zero-order valence-corrected chi connectivity index (χ0v) is 16.2. The van der Waals surface area contributed by atoms with Gasteiger partial charge in [-0.3, -0.25) is 9.69 Å². The third-order valence-electron chi connectivity index (χ3n) is 5.13. The van der Waals surface area contributed by atoms with Gasteiger partial charge in [0, 0.05) is 49.4 Å². The summed E-state index contributed by atoms with van der Waals surface area (Å²) in [5.41, 5.74) is 3.93. The minimum Gasteiger partial charge on any atom is -0.306 e. The van der Waals surface area contributed by atoms with Crippen molar-refractivity contribution >= 4 is 22.5 Å². The van der Waals surface area contributed by atoms with Crippen molar-refractivity contribution in [2.24, 2.45) is 0 Å². The summed E-state index contributed by atoms with van der Waals surface area (Å²) in [6, 6.07) is 9.97. The normalized spacial score (nSPS) is 14.1.